The summed E-state index contributed by atoms with van der Waals surface area (Å²) in [6.07, 6.45) is 3.84. The normalized spacial score (nSPS) is 11.4. The lowest BCUT2D eigenvalue weighted by Gasteiger charge is -2.27. The Morgan fingerprint density at radius 2 is 1.27 bits per heavy atom. The number of hydrogen-bond acceptors (Lipinski definition) is 2. The van der Waals surface area contributed by atoms with Gasteiger partial charge in [-0.2, -0.15) is 0 Å². The van der Waals surface area contributed by atoms with Crippen LogP contribution in [-0.4, -0.2) is 9.38 Å². The Balaban J connectivity index is 1.27. The monoisotopic (exact) mass is 563 g/mol. The zero-order valence-corrected chi connectivity index (χ0v) is 24.2. The predicted molar refractivity (Wildman–Crippen MR) is 188 cm³/mol. The first-order valence-corrected chi connectivity index (χ1v) is 14.8. The Morgan fingerprint density at radius 3 is 2.09 bits per heavy atom. The molecule has 0 fully saturated rings. The molecule has 0 radical (unpaired) electrons. The van der Waals surface area contributed by atoms with Crippen LogP contribution in [0.25, 0.3) is 61.5 Å². The number of rotatable bonds is 6. The topological polar surface area (TPSA) is 20.5 Å². The van der Waals surface area contributed by atoms with E-state index < -0.39 is 0 Å². The number of nitrogens with zero attached hydrogens (tertiary/aromatic N) is 3. The van der Waals surface area contributed by atoms with Gasteiger partial charge in [-0.15, -0.1) is 0 Å². The van der Waals surface area contributed by atoms with Crippen LogP contribution >= 0.6 is 0 Å². The zero-order valence-electron chi connectivity index (χ0n) is 24.2. The Morgan fingerprint density at radius 1 is 0.568 bits per heavy atom. The molecule has 0 aliphatic carbocycles. The van der Waals surface area contributed by atoms with Crippen molar-refractivity contribution in [3.8, 4) is 11.1 Å². The van der Waals surface area contributed by atoms with Gasteiger partial charge in [0, 0.05) is 27.7 Å². The second-order valence-corrected chi connectivity index (χ2v) is 10.9. The minimum absolute atomic E-state index is 0.928. The highest BCUT2D eigenvalue weighted by Gasteiger charge is 2.17. The maximum absolute atomic E-state index is 5.02. The van der Waals surface area contributed by atoms with E-state index in [0.717, 1.165) is 66.9 Å². The summed E-state index contributed by atoms with van der Waals surface area (Å²) in [5.41, 5.74) is 10.7. The van der Waals surface area contributed by atoms with Gasteiger partial charge in [-0.05, 0) is 82.6 Å². The van der Waals surface area contributed by atoms with Crippen molar-refractivity contribution >= 4 is 67.4 Å². The molecular weight excluding hydrogens is 534 g/mol. The summed E-state index contributed by atoms with van der Waals surface area (Å²) in [5, 5.41) is 4.63. The second-order valence-electron chi connectivity index (χ2n) is 10.9. The fourth-order valence-electron chi connectivity index (χ4n) is 6.48. The molecule has 0 saturated carbocycles. The molecule has 0 aliphatic heterocycles. The van der Waals surface area contributed by atoms with Crippen molar-refractivity contribution in [2.24, 2.45) is 0 Å². The highest BCUT2D eigenvalue weighted by atomic mass is 15.1. The van der Waals surface area contributed by atoms with Crippen molar-refractivity contribution in [1.82, 2.24) is 9.38 Å². The van der Waals surface area contributed by atoms with Crippen molar-refractivity contribution in [3.05, 3.63) is 164 Å². The molecule has 0 aliphatic rings. The smallest absolute Gasteiger partial charge is 0.146 e. The molecule has 0 amide bonds. The SMILES string of the molecule is C=Cc1c(C=C)n2c3ccccc3nc2c2ccc(-c3ccc(N(c4ccccc4)c4cccc5ccccc45)cc3)cc12. The molecule has 0 bridgehead atoms. The molecule has 2 heterocycles. The molecule has 208 valence electrons. The summed E-state index contributed by atoms with van der Waals surface area (Å²) >= 11 is 0. The highest BCUT2D eigenvalue weighted by Crippen LogP contribution is 2.40. The number of hydrogen-bond donors (Lipinski definition) is 0. The molecule has 2 aromatic heterocycles. The molecule has 44 heavy (non-hydrogen) atoms. The predicted octanol–water partition coefficient (Wildman–Crippen LogP) is 11.2. The van der Waals surface area contributed by atoms with Crippen LogP contribution in [0, 0.1) is 0 Å². The lowest BCUT2D eigenvalue weighted by atomic mass is 9.97. The van der Waals surface area contributed by atoms with Gasteiger partial charge in [-0.1, -0.05) is 104 Å². The first-order valence-electron chi connectivity index (χ1n) is 14.8. The average molecular weight is 564 g/mol. The van der Waals surface area contributed by atoms with Gasteiger partial charge in [0.05, 0.1) is 22.4 Å². The third kappa shape index (κ3) is 4.02. The molecule has 0 atom stereocenters. The Kier molecular flexibility index (Phi) is 6.09. The molecule has 0 spiro atoms. The second kappa shape index (κ2) is 10.4. The first kappa shape index (κ1) is 25.8. The van der Waals surface area contributed by atoms with E-state index in [4.69, 9.17) is 4.98 Å². The molecular formula is C41H29N3. The molecule has 3 heteroatoms. The van der Waals surface area contributed by atoms with E-state index in [0.29, 0.717) is 0 Å². The molecule has 3 nitrogen and oxygen atoms in total. The van der Waals surface area contributed by atoms with Crippen LogP contribution in [0.1, 0.15) is 11.3 Å². The quantitative estimate of drug-likeness (QED) is 0.201. The number of imidazole rings is 1. The van der Waals surface area contributed by atoms with Crippen molar-refractivity contribution in [2.45, 2.75) is 0 Å². The number of para-hydroxylation sites is 3. The molecule has 0 saturated heterocycles. The fourth-order valence-corrected chi connectivity index (χ4v) is 6.48. The molecule has 8 rings (SSSR count). The number of pyridine rings is 1. The van der Waals surface area contributed by atoms with Gasteiger partial charge in [-0.3, -0.25) is 4.40 Å². The Hall–Kier alpha value is -5.93. The number of benzene rings is 6. The summed E-state index contributed by atoms with van der Waals surface area (Å²) < 4.78 is 2.20. The van der Waals surface area contributed by atoms with E-state index in [9.17, 15) is 0 Å². The van der Waals surface area contributed by atoms with E-state index in [1.807, 2.05) is 24.3 Å². The lowest BCUT2D eigenvalue weighted by Crippen LogP contribution is -2.10. The highest BCUT2D eigenvalue weighted by molar-refractivity contribution is 6.06. The van der Waals surface area contributed by atoms with E-state index in [2.05, 4.69) is 150 Å². The Labute approximate surface area is 256 Å². The summed E-state index contributed by atoms with van der Waals surface area (Å²) in [6.45, 7) is 8.34. The molecule has 0 N–H and O–H groups in total. The maximum atomic E-state index is 5.02. The van der Waals surface area contributed by atoms with E-state index in [1.54, 1.807) is 0 Å². The standard InChI is InChI=1S/C41H29N3/c1-3-33-36-27-30(23-26-35(36)41-42-37-18-10-11-19-40(37)44(41)38(33)4-2)28-21-24-32(25-22-28)43(31-15-6-5-7-16-31)39-20-12-14-29-13-8-9-17-34(29)39/h3-27H,1-2H2. The largest absolute Gasteiger partial charge is 0.310 e. The van der Waals surface area contributed by atoms with Crippen LogP contribution in [0.15, 0.2) is 153 Å². The number of aromatic nitrogens is 2. The van der Waals surface area contributed by atoms with Crippen LogP contribution in [0.4, 0.5) is 17.1 Å². The van der Waals surface area contributed by atoms with Crippen molar-refractivity contribution in [3.63, 3.8) is 0 Å². The van der Waals surface area contributed by atoms with Gasteiger partial charge < -0.3 is 4.90 Å². The maximum Gasteiger partial charge on any atom is 0.146 e. The summed E-state index contributed by atoms with van der Waals surface area (Å²) in [6, 6.07) is 49.3. The minimum atomic E-state index is 0.928. The Bertz CT molecular complexity index is 2360. The van der Waals surface area contributed by atoms with Crippen LogP contribution in [0.2, 0.25) is 0 Å². The first-order chi connectivity index (χ1) is 21.7. The van der Waals surface area contributed by atoms with Crippen LogP contribution in [0.3, 0.4) is 0 Å². The molecule has 8 aromatic rings. The third-order valence-electron chi connectivity index (χ3n) is 8.51. The fraction of sp³-hybridized carbons (Fsp3) is 0. The van der Waals surface area contributed by atoms with Crippen molar-refractivity contribution < 1.29 is 0 Å². The minimum Gasteiger partial charge on any atom is -0.310 e. The summed E-state index contributed by atoms with van der Waals surface area (Å²) in [4.78, 5) is 7.35. The van der Waals surface area contributed by atoms with Crippen LogP contribution in [-0.2, 0) is 0 Å². The van der Waals surface area contributed by atoms with Crippen LogP contribution < -0.4 is 4.90 Å². The van der Waals surface area contributed by atoms with Crippen molar-refractivity contribution in [2.75, 3.05) is 4.90 Å². The zero-order chi connectivity index (χ0) is 29.6. The third-order valence-corrected chi connectivity index (χ3v) is 8.51. The lowest BCUT2D eigenvalue weighted by molar-refractivity contribution is 1.21. The van der Waals surface area contributed by atoms with Crippen LogP contribution in [0.5, 0.6) is 0 Å². The van der Waals surface area contributed by atoms with Gasteiger partial charge in [0.15, 0.2) is 0 Å². The summed E-state index contributed by atoms with van der Waals surface area (Å²) in [5.74, 6) is 0. The van der Waals surface area contributed by atoms with Crippen molar-refractivity contribution in [1.29, 1.82) is 0 Å². The average Bonchev–Trinajstić information content (AvgIpc) is 3.48. The summed E-state index contributed by atoms with van der Waals surface area (Å²) in [7, 11) is 0. The van der Waals surface area contributed by atoms with E-state index >= 15 is 0 Å². The number of anilines is 3. The van der Waals surface area contributed by atoms with Gasteiger partial charge in [0.1, 0.15) is 5.65 Å². The van der Waals surface area contributed by atoms with Gasteiger partial charge in [0.25, 0.3) is 0 Å². The molecule has 0 unspecified atom stereocenters. The number of fused-ring (bicyclic) bond motifs is 6. The molecule has 6 aromatic carbocycles. The van der Waals surface area contributed by atoms with Gasteiger partial charge in [0.2, 0.25) is 0 Å². The van der Waals surface area contributed by atoms with E-state index in [-0.39, 0.29) is 0 Å². The van der Waals surface area contributed by atoms with Gasteiger partial charge in [-0.25, -0.2) is 4.98 Å². The van der Waals surface area contributed by atoms with E-state index in [1.165, 1.54) is 10.8 Å². The van der Waals surface area contributed by atoms with Gasteiger partial charge >= 0.3 is 0 Å².